The maximum atomic E-state index is 13.2. The minimum Gasteiger partial charge on any atom is -0.292 e. The van der Waals surface area contributed by atoms with Gasteiger partial charge in [0.25, 0.3) is 0 Å². The summed E-state index contributed by atoms with van der Waals surface area (Å²) in [5.74, 6) is -0.776. The Hall–Kier alpha value is -1.81. The molecule has 0 saturated heterocycles. The van der Waals surface area contributed by atoms with Gasteiger partial charge in [-0.3, -0.25) is 9.78 Å². The van der Waals surface area contributed by atoms with Gasteiger partial charge in [-0.1, -0.05) is 23.7 Å². The van der Waals surface area contributed by atoms with Crippen molar-refractivity contribution in [2.24, 2.45) is 0 Å². The largest absolute Gasteiger partial charge is 0.292 e. The summed E-state index contributed by atoms with van der Waals surface area (Å²) in [5.41, 5.74) is 0.690. The average Bonchev–Trinajstić information content (AvgIpc) is 2.36. The predicted octanol–water partition coefficient (Wildman–Crippen LogP) is 2.69. The molecule has 1 aromatic carbocycles. The summed E-state index contributed by atoms with van der Waals surface area (Å²) in [6, 6.07) is 4.37. The van der Waals surface area contributed by atoms with Crippen molar-refractivity contribution in [2.75, 3.05) is 0 Å². The van der Waals surface area contributed by atoms with Crippen LogP contribution in [-0.2, 0) is 6.42 Å². The minimum absolute atomic E-state index is 0.00921. The van der Waals surface area contributed by atoms with Crippen LogP contribution in [0.1, 0.15) is 16.1 Å². The molecule has 5 heteroatoms. The Kier molecular flexibility index (Phi) is 3.44. The SMILES string of the molecule is O=C(Cc1cccc(F)c1Cl)c1cnccn1. The number of hydrogen-bond donors (Lipinski definition) is 0. The van der Waals surface area contributed by atoms with Crippen LogP contribution >= 0.6 is 11.6 Å². The Morgan fingerprint density at radius 1 is 1.35 bits per heavy atom. The Morgan fingerprint density at radius 2 is 2.18 bits per heavy atom. The first kappa shape index (κ1) is 11.7. The van der Waals surface area contributed by atoms with Gasteiger partial charge in [-0.2, -0.15) is 0 Å². The first-order valence-corrected chi connectivity index (χ1v) is 5.28. The highest BCUT2D eigenvalue weighted by atomic mass is 35.5. The number of ketones is 1. The van der Waals surface area contributed by atoms with Crippen molar-refractivity contribution >= 4 is 17.4 Å². The van der Waals surface area contributed by atoms with E-state index in [-0.39, 0.29) is 22.9 Å². The van der Waals surface area contributed by atoms with Crippen LogP contribution < -0.4 is 0 Å². The average molecular weight is 251 g/mol. The molecule has 0 aliphatic carbocycles. The standard InChI is InChI=1S/C12H8ClFN2O/c13-12-8(2-1-3-9(12)14)6-11(17)10-7-15-4-5-16-10/h1-5,7H,6H2. The van der Waals surface area contributed by atoms with Gasteiger partial charge in [0.2, 0.25) is 0 Å². The van der Waals surface area contributed by atoms with Gasteiger partial charge in [0, 0.05) is 18.8 Å². The Balaban J connectivity index is 2.22. The van der Waals surface area contributed by atoms with Crippen molar-refractivity contribution in [1.82, 2.24) is 9.97 Å². The molecule has 0 N–H and O–H groups in total. The van der Waals surface area contributed by atoms with Crippen molar-refractivity contribution in [1.29, 1.82) is 0 Å². The van der Waals surface area contributed by atoms with E-state index in [0.717, 1.165) is 0 Å². The lowest BCUT2D eigenvalue weighted by Gasteiger charge is -2.03. The molecule has 0 atom stereocenters. The van der Waals surface area contributed by atoms with Crippen molar-refractivity contribution in [2.45, 2.75) is 6.42 Å². The molecule has 2 rings (SSSR count). The van der Waals surface area contributed by atoms with Crippen LogP contribution in [0, 0.1) is 5.82 Å². The van der Waals surface area contributed by atoms with Gasteiger partial charge in [0.05, 0.1) is 11.2 Å². The molecule has 0 saturated carbocycles. The molecule has 0 radical (unpaired) electrons. The number of hydrogen-bond acceptors (Lipinski definition) is 3. The van der Waals surface area contributed by atoms with Crippen LogP contribution in [0.4, 0.5) is 4.39 Å². The zero-order chi connectivity index (χ0) is 12.3. The second-order valence-electron chi connectivity index (χ2n) is 3.40. The number of rotatable bonds is 3. The minimum atomic E-state index is -0.531. The van der Waals surface area contributed by atoms with E-state index in [9.17, 15) is 9.18 Å². The summed E-state index contributed by atoms with van der Waals surface area (Å²) in [7, 11) is 0. The first-order valence-electron chi connectivity index (χ1n) is 4.90. The summed E-state index contributed by atoms with van der Waals surface area (Å²) in [4.78, 5) is 19.5. The quantitative estimate of drug-likeness (QED) is 0.787. The molecule has 2 aromatic rings. The van der Waals surface area contributed by atoms with Crippen LogP contribution in [0.2, 0.25) is 5.02 Å². The van der Waals surface area contributed by atoms with Crippen LogP contribution in [0.15, 0.2) is 36.8 Å². The molecule has 0 unspecified atom stereocenters. The Bertz CT molecular complexity index is 545. The van der Waals surface area contributed by atoms with E-state index in [1.54, 1.807) is 6.07 Å². The van der Waals surface area contributed by atoms with Gasteiger partial charge in [0.15, 0.2) is 5.78 Å². The fourth-order valence-electron chi connectivity index (χ4n) is 1.39. The number of aromatic nitrogens is 2. The van der Waals surface area contributed by atoms with E-state index in [2.05, 4.69) is 9.97 Å². The molecule has 0 aliphatic rings. The lowest BCUT2D eigenvalue weighted by molar-refractivity contribution is 0.0988. The second kappa shape index (κ2) is 5.01. The molecule has 1 heterocycles. The number of nitrogens with zero attached hydrogens (tertiary/aromatic N) is 2. The van der Waals surface area contributed by atoms with E-state index in [0.29, 0.717) is 5.56 Å². The predicted molar refractivity (Wildman–Crippen MR) is 61.5 cm³/mol. The van der Waals surface area contributed by atoms with Crippen LogP contribution in [0.25, 0.3) is 0 Å². The van der Waals surface area contributed by atoms with E-state index < -0.39 is 5.82 Å². The first-order chi connectivity index (χ1) is 8.18. The molecule has 3 nitrogen and oxygen atoms in total. The van der Waals surface area contributed by atoms with E-state index in [1.807, 2.05) is 0 Å². The second-order valence-corrected chi connectivity index (χ2v) is 3.78. The number of benzene rings is 1. The van der Waals surface area contributed by atoms with Crippen molar-refractivity contribution < 1.29 is 9.18 Å². The number of carbonyl (C=O) groups excluding carboxylic acids is 1. The third kappa shape index (κ3) is 2.65. The van der Waals surface area contributed by atoms with E-state index in [4.69, 9.17) is 11.6 Å². The van der Waals surface area contributed by atoms with Crippen molar-refractivity contribution in [3.63, 3.8) is 0 Å². The third-order valence-corrected chi connectivity index (χ3v) is 2.65. The topological polar surface area (TPSA) is 42.9 Å². The molecule has 17 heavy (non-hydrogen) atoms. The highest BCUT2D eigenvalue weighted by molar-refractivity contribution is 6.31. The molecular formula is C12H8ClFN2O. The number of Topliss-reactive ketones (excluding diaryl/α,β-unsaturated/α-hetero) is 1. The van der Waals surface area contributed by atoms with Gasteiger partial charge in [-0.25, -0.2) is 9.37 Å². The normalized spacial score (nSPS) is 10.2. The van der Waals surface area contributed by atoms with Crippen molar-refractivity contribution in [3.05, 3.63) is 58.9 Å². The zero-order valence-corrected chi connectivity index (χ0v) is 9.49. The van der Waals surface area contributed by atoms with Gasteiger partial charge < -0.3 is 0 Å². The van der Waals surface area contributed by atoms with Gasteiger partial charge in [-0.15, -0.1) is 0 Å². The lowest BCUT2D eigenvalue weighted by atomic mass is 10.1. The molecule has 0 spiro atoms. The summed E-state index contributed by atoms with van der Waals surface area (Å²) in [5, 5.41) is -0.0234. The fraction of sp³-hybridized carbons (Fsp3) is 0.0833. The van der Waals surface area contributed by atoms with Crippen LogP contribution in [0.3, 0.4) is 0 Å². The fourth-order valence-corrected chi connectivity index (χ4v) is 1.58. The van der Waals surface area contributed by atoms with Gasteiger partial charge in [0.1, 0.15) is 11.5 Å². The van der Waals surface area contributed by atoms with Crippen molar-refractivity contribution in [3.8, 4) is 0 Å². The molecule has 0 fully saturated rings. The zero-order valence-electron chi connectivity index (χ0n) is 8.73. The van der Waals surface area contributed by atoms with Crippen LogP contribution in [-0.4, -0.2) is 15.8 Å². The molecule has 0 aliphatic heterocycles. The molecule has 0 bridgehead atoms. The lowest BCUT2D eigenvalue weighted by Crippen LogP contribution is -2.07. The number of halogens is 2. The van der Waals surface area contributed by atoms with Gasteiger partial charge >= 0.3 is 0 Å². The molecule has 0 amide bonds. The van der Waals surface area contributed by atoms with Gasteiger partial charge in [-0.05, 0) is 11.6 Å². The van der Waals surface area contributed by atoms with E-state index >= 15 is 0 Å². The summed E-state index contributed by atoms with van der Waals surface area (Å²) >= 11 is 5.76. The molecular weight excluding hydrogens is 243 g/mol. The third-order valence-electron chi connectivity index (χ3n) is 2.23. The summed E-state index contributed by atoms with van der Waals surface area (Å²) in [6.45, 7) is 0. The maximum absolute atomic E-state index is 13.2. The summed E-state index contributed by atoms with van der Waals surface area (Å²) < 4.78 is 13.2. The highest BCUT2D eigenvalue weighted by Gasteiger charge is 2.12. The monoisotopic (exact) mass is 250 g/mol. The van der Waals surface area contributed by atoms with E-state index in [1.165, 1.54) is 30.7 Å². The Morgan fingerprint density at radius 3 is 2.88 bits per heavy atom. The smallest absolute Gasteiger partial charge is 0.187 e. The summed E-state index contributed by atoms with van der Waals surface area (Å²) in [6.07, 6.45) is 4.29. The van der Waals surface area contributed by atoms with Crippen LogP contribution in [0.5, 0.6) is 0 Å². The number of carbonyl (C=O) groups is 1. The maximum Gasteiger partial charge on any atom is 0.187 e. The molecule has 1 aromatic heterocycles. The molecule has 86 valence electrons. The highest BCUT2D eigenvalue weighted by Crippen LogP contribution is 2.20. The Labute approximate surface area is 102 Å².